The Balaban J connectivity index is 2.00. The average molecular weight is 341 g/mol. The standard InChI is InChI=1S/C21H27NO3/c1-5-18(25-19-12-11-15(3)13-16(19)4)21(23)22-14-17-9-7-8-10-20(17)24-6-2/h7-13,18H,5-6,14H2,1-4H3,(H,22,23). The molecule has 4 heteroatoms. The third-order valence-electron chi connectivity index (χ3n) is 3.99. The maximum atomic E-state index is 12.5. The molecule has 0 aliphatic carbocycles. The van der Waals surface area contributed by atoms with Crippen LogP contribution in [0, 0.1) is 13.8 Å². The molecule has 1 N–H and O–H groups in total. The molecule has 0 aromatic heterocycles. The van der Waals surface area contributed by atoms with Gasteiger partial charge in [-0.15, -0.1) is 0 Å². The van der Waals surface area contributed by atoms with Crippen LogP contribution in [0.25, 0.3) is 0 Å². The van der Waals surface area contributed by atoms with Crippen molar-refractivity contribution in [1.82, 2.24) is 5.32 Å². The molecule has 0 saturated heterocycles. The van der Waals surface area contributed by atoms with Crippen molar-refractivity contribution in [3.05, 3.63) is 59.2 Å². The summed E-state index contributed by atoms with van der Waals surface area (Å²) in [5, 5.41) is 2.96. The van der Waals surface area contributed by atoms with Gasteiger partial charge in [0.2, 0.25) is 0 Å². The SMILES string of the molecule is CCOc1ccccc1CNC(=O)C(CC)Oc1ccc(C)cc1C. The Morgan fingerprint density at radius 2 is 1.84 bits per heavy atom. The van der Waals surface area contributed by atoms with Crippen molar-refractivity contribution in [3.63, 3.8) is 0 Å². The molecule has 0 saturated carbocycles. The zero-order chi connectivity index (χ0) is 18.2. The number of para-hydroxylation sites is 1. The Labute approximate surface area is 150 Å². The van der Waals surface area contributed by atoms with E-state index in [1.54, 1.807) is 0 Å². The normalized spacial score (nSPS) is 11.7. The summed E-state index contributed by atoms with van der Waals surface area (Å²) in [4.78, 5) is 12.5. The quantitative estimate of drug-likeness (QED) is 0.784. The van der Waals surface area contributed by atoms with E-state index < -0.39 is 6.10 Å². The smallest absolute Gasteiger partial charge is 0.261 e. The summed E-state index contributed by atoms with van der Waals surface area (Å²) in [6, 6.07) is 13.7. The molecule has 2 rings (SSSR count). The molecular formula is C21H27NO3. The number of carbonyl (C=O) groups is 1. The monoisotopic (exact) mass is 341 g/mol. The Morgan fingerprint density at radius 1 is 1.08 bits per heavy atom. The first-order valence-corrected chi connectivity index (χ1v) is 8.77. The van der Waals surface area contributed by atoms with Crippen molar-refractivity contribution in [2.24, 2.45) is 0 Å². The molecule has 134 valence electrons. The number of hydrogen-bond acceptors (Lipinski definition) is 3. The highest BCUT2D eigenvalue weighted by molar-refractivity contribution is 5.81. The van der Waals surface area contributed by atoms with Gasteiger partial charge in [-0.05, 0) is 44.9 Å². The molecule has 1 atom stereocenters. The Hall–Kier alpha value is -2.49. The lowest BCUT2D eigenvalue weighted by Gasteiger charge is -2.19. The predicted octanol–water partition coefficient (Wildman–Crippen LogP) is 4.18. The third-order valence-corrected chi connectivity index (χ3v) is 3.99. The number of hydrogen-bond donors (Lipinski definition) is 1. The van der Waals surface area contributed by atoms with Gasteiger partial charge in [0.25, 0.3) is 5.91 Å². The Bertz CT molecular complexity index is 712. The van der Waals surface area contributed by atoms with Crippen molar-refractivity contribution in [1.29, 1.82) is 0 Å². The van der Waals surface area contributed by atoms with Crippen LogP contribution in [0.4, 0.5) is 0 Å². The first kappa shape index (κ1) is 18.8. The van der Waals surface area contributed by atoms with E-state index in [4.69, 9.17) is 9.47 Å². The number of rotatable bonds is 8. The first-order chi connectivity index (χ1) is 12.0. The molecule has 2 aromatic rings. The number of ether oxygens (including phenoxy) is 2. The second-order valence-electron chi connectivity index (χ2n) is 6.04. The van der Waals surface area contributed by atoms with E-state index in [0.717, 1.165) is 22.6 Å². The number of nitrogens with one attached hydrogen (secondary N) is 1. The maximum Gasteiger partial charge on any atom is 0.261 e. The van der Waals surface area contributed by atoms with Crippen LogP contribution in [0.15, 0.2) is 42.5 Å². The molecule has 0 aliphatic heterocycles. The van der Waals surface area contributed by atoms with Crippen LogP contribution in [0.5, 0.6) is 11.5 Å². The maximum absolute atomic E-state index is 12.5. The van der Waals surface area contributed by atoms with Crippen molar-refractivity contribution in [3.8, 4) is 11.5 Å². The zero-order valence-corrected chi connectivity index (χ0v) is 15.5. The highest BCUT2D eigenvalue weighted by atomic mass is 16.5. The summed E-state index contributed by atoms with van der Waals surface area (Å²) in [6.45, 7) is 8.93. The molecule has 1 unspecified atom stereocenters. The van der Waals surface area contributed by atoms with Gasteiger partial charge in [-0.1, -0.05) is 42.8 Å². The van der Waals surface area contributed by atoms with Crippen molar-refractivity contribution in [2.45, 2.75) is 46.8 Å². The van der Waals surface area contributed by atoms with Crippen LogP contribution in [0.2, 0.25) is 0 Å². The first-order valence-electron chi connectivity index (χ1n) is 8.77. The minimum atomic E-state index is -0.513. The van der Waals surface area contributed by atoms with E-state index in [2.05, 4.69) is 11.4 Å². The minimum absolute atomic E-state index is 0.117. The molecule has 0 spiro atoms. The number of amides is 1. The minimum Gasteiger partial charge on any atom is -0.494 e. The van der Waals surface area contributed by atoms with Gasteiger partial charge < -0.3 is 14.8 Å². The highest BCUT2D eigenvalue weighted by Gasteiger charge is 2.19. The van der Waals surface area contributed by atoms with E-state index in [-0.39, 0.29) is 5.91 Å². The summed E-state index contributed by atoms with van der Waals surface area (Å²) < 4.78 is 11.5. The predicted molar refractivity (Wildman–Crippen MR) is 100 cm³/mol. The van der Waals surface area contributed by atoms with Gasteiger partial charge in [-0.2, -0.15) is 0 Å². The van der Waals surface area contributed by atoms with E-state index >= 15 is 0 Å². The van der Waals surface area contributed by atoms with Crippen LogP contribution in [-0.2, 0) is 11.3 Å². The molecule has 0 bridgehead atoms. The molecule has 0 radical (unpaired) electrons. The lowest BCUT2D eigenvalue weighted by molar-refractivity contribution is -0.128. The van der Waals surface area contributed by atoms with Gasteiger partial charge in [-0.3, -0.25) is 4.79 Å². The van der Waals surface area contributed by atoms with Gasteiger partial charge in [-0.25, -0.2) is 0 Å². The second kappa shape index (κ2) is 9.11. The number of benzene rings is 2. The number of carbonyl (C=O) groups excluding carboxylic acids is 1. The summed E-state index contributed by atoms with van der Waals surface area (Å²) >= 11 is 0. The molecule has 25 heavy (non-hydrogen) atoms. The topological polar surface area (TPSA) is 47.6 Å². The molecule has 4 nitrogen and oxygen atoms in total. The number of aryl methyl sites for hydroxylation is 2. The fraction of sp³-hybridized carbons (Fsp3) is 0.381. The molecule has 0 fully saturated rings. The fourth-order valence-electron chi connectivity index (χ4n) is 2.65. The zero-order valence-electron chi connectivity index (χ0n) is 15.5. The summed E-state index contributed by atoms with van der Waals surface area (Å²) in [5.74, 6) is 1.43. The largest absolute Gasteiger partial charge is 0.494 e. The van der Waals surface area contributed by atoms with Crippen LogP contribution < -0.4 is 14.8 Å². The van der Waals surface area contributed by atoms with Gasteiger partial charge >= 0.3 is 0 Å². The lowest BCUT2D eigenvalue weighted by Crippen LogP contribution is -2.37. The molecule has 0 aliphatic rings. The summed E-state index contributed by atoms with van der Waals surface area (Å²) in [7, 11) is 0. The lowest BCUT2D eigenvalue weighted by atomic mass is 10.1. The molecule has 1 amide bonds. The Morgan fingerprint density at radius 3 is 2.52 bits per heavy atom. The molecular weight excluding hydrogens is 314 g/mol. The van der Waals surface area contributed by atoms with Gasteiger partial charge in [0.15, 0.2) is 6.10 Å². The van der Waals surface area contributed by atoms with Crippen molar-refractivity contribution in [2.75, 3.05) is 6.61 Å². The van der Waals surface area contributed by atoms with E-state index in [9.17, 15) is 4.79 Å². The molecule has 0 heterocycles. The second-order valence-corrected chi connectivity index (χ2v) is 6.04. The van der Waals surface area contributed by atoms with Gasteiger partial charge in [0.1, 0.15) is 11.5 Å². The van der Waals surface area contributed by atoms with Crippen LogP contribution in [0.3, 0.4) is 0 Å². The van der Waals surface area contributed by atoms with Crippen LogP contribution in [0.1, 0.15) is 37.0 Å². The summed E-state index contributed by atoms with van der Waals surface area (Å²) in [6.07, 6.45) is 0.0902. The third kappa shape index (κ3) is 5.24. The van der Waals surface area contributed by atoms with Crippen molar-refractivity contribution < 1.29 is 14.3 Å². The van der Waals surface area contributed by atoms with Crippen LogP contribution in [-0.4, -0.2) is 18.6 Å². The highest BCUT2D eigenvalue weighted by Crippen LogP contribution is 2.21. The van der Waals surface area contributed by atoms with Crippen LogP contribution >= 0.6 is 0 Å². The van der Waals surface area contributed by atoms with E-state index in [1.165, 1.54) is 5.56 Å². The average Bonchev–Trinajstić information content (AvgIpc) is 2.60. The van der Waals surface area contributed by atoms with E-state index in [1.807, 2.05) is 64.1 Å². The van der Waals surface area contributed by atoms with Crippen molar-refractivity contribution >= 4 is 5.91 Å². The fourth-order valence-corrected chi connectivity index (χ4v) is 2.65. The molecule has 2 aromatic carbocycles. The van der Waals surface area contributed by atoms with E-state index in [0.29, 0.717) is 19.6 Å². The van der Waals surface area contributed by atoms with Gasteiger partial charge in [0, 0.05) is 12.1 Å². The summed E-state index contributed by atoms with van der Waals surface area (Å²) in [5.41, 5.74) is 3.17. The van der Waals surface area contributed by atoms with Gasteiger partial charge in [0.05, 0.1) is 6.61 Å². The Kier molecular flexibility index (Phi) is 6.87.